The van der Waals surface area contributed by atoms with Crippen LogP contribution in [0.15, 0.2) is 90.4 Å². The molecule has 0 radical (unpaired) electrons. The molecule has 3 aromatic carbocycles. The van der Waals surface area contributed by atoms with Crippen molar-refractivity contribution in [3.05, 3.63) is 118 Å². The molecule has 204 valence electrons. The van der Waals surface area contributed by atoms with E-state index in [-0.39, 0.29) is 30.0 Å². The number of carbonyl (C=O) groups is 3. The van der Waals surface area contributed by atoms with Gasteiger partial charge in [-0.3, -0.25) is 4.79 Å². The number of aromatic nitrogens is 1. The summed E-state index contributed by atoms with van der Waals surface area (Å²) in [6.07, 6.45) is 4.44. The summed E-state index contributed by atoms with van der Waals surface area (Å²) in [5.74, 6) is -1.12. The fourth-order valence-electron chi connectivity index (χ4n) is 5.34. The van der Waals surface area contributed by atoms with Gasteiger partial charge in [0.25, 0.3) is 0 Å². The fourth-order valence-corrected chi connectivity index (χ4v) is 5.95. The van der Waals surface area contributed by atoms with E-state index < -0.39 is 12.0 Å². The predicted octanol–water partition coefficient (Wildman–Crippen LogP) is 5.54. The molecule has 5 rings (SSSR count). The molecule has 2 atom stereocenters. The molecule has 3 amide bonds. The standard InChI is InChI=1S/C31H30N4O4S/c36-28(19-33-31(39)34-25-11-6-10-24(18-25)30(37)38)35(20-27-32-15-16-40-27)29-23(17-21-7-2-1-3-8-21)14-13-22-9-4-5-12-26(22)29/h1-12,15-16,18,23,29H,13-14,17,19-20H2,(H,37,38)(H2,33,34,39). The average Bonchev–Trinajstić information content (AvgIpc) is 3.49. The number of urea groups is 1. The van der Waals surface area contributed by atoms with Gasteiger partial charge in [-0.05, 0) is 60.1 Å². The second-order valence-electron chi connectivity index (χ2n) is 9.77. The highest BCUT2D eigenvalue weighted by molar-refractivity contribution is 7.09. The van der Waals surface area contributed by atoms with Crippen LogP contribution >= 0.6 is 11.3 Å². The smallest absolute Gasteiger partial charge is 0.335 e. The zero-order valence-electron chi connectivity index (χ0n) is 21.8. The topological polar surface area (TPSA) is 112 Å². The number of amides is 3. The van der Waals surface area contributed by atoms with E-state index in [1.54, 1.807) is 18.3 Å². The molecule has 0 spiro atoms. The number of aryl methyl sites for hydroxylation is 1. The summed E-state index contributed by atoms with van der Waals surface area (Å²) < 4.78 is 0. The van der Waals surface area contributed by atoms with Gasteiger partial charge in [0.15, 0.2) is 0 Å². The van der Waals surface area contributed by atoms with Crippen molar-refractivity contribution < 1.29 is 19.5 Å². The SMILES string of the molecule is O=C(NCC(=O)N(Cc1nccs1)C1c2ccccc2CCC1Cc1ccccc1)Nc1cccc(C(=O)O)c1. The Kier molecular flexibility index (Phi) is 8.51. The molecule has 4 aromatic rings. The molecule has 1 aliphatic rings. The molecule has 1 heterocycles. The summed E-state index contributed by atoms with van der Waals surface area (Å²) in [5, 5.41) is 17.2. The molecule has 9 heteroatoms. The minimum absolute atomic E-state index is 0.0592. The molecule has 1 aliphatic carbocycles. The van der Waals surface area contributed by atoms with Crippen molar-refractivity contribution in [2.24, 2.45) is 5.92 Å². The van der Waals surface area contributed by atoms with Gasteiger partial charge in [0.2, 0.25) is 5.91 Å². The lowest BCUT2D eigenvalue weighted by atomic mass is 9.76. The lowest BCUT2D eigenvalue weighted by molar-refractivity contribution is -0.135. The minimum Gasteiger partial charge on any atom is -0.478 e. The summed E-state index contributed by atoms with van der Waals surface area (Å²) in [5.41, 5.74) is 3.98. The molecule has 1 aromatic heterocycles. The maximum absolute atomic E-state index is 13.9. The normalized spacial score (nSPS) is 16.0. The molecule has 0 saturated heterocycles. The molecule has 0 aliphatic heterocycles. The number of carboxylic acid groups (broad SMARTS) is 1. The number of nitrogens with one attached hydrogen (secondary N) is 2. The van der Waals surface area contributed by atoms with Crippen LogP contribution in [0.25, 0.3) is 0 Å². The van der Waals surface area contributed by atoms with Crippen LogP contribution in [-0.2, 0) is 24.2 Å². The number of carboxylic acids is 1. The molecule has 40 heavy (non-hydrogen) atoms. The monoisotopic (exact) mass is 554 g/mol. The van der Waals surface area contributed by atoms with Crippen molar-refractivity contribution in [3.8, 4) is 0 Å². The van der Waals surface area contributed by atoms with Gasteiger partial charge in [-0.25, -0.2) is 14.6 Å². The number of aromatic carboxylic acids is 1. The maximum Gasteiger partial charge on any atom is 0.335 e. The van der Waals surface area contributed by atoms with Gasteiger partial charge in [0.1, 0.15) is 5.01 Å². The van der Waals surface area contributed by atoms with Gasteiger partial charge in [-0.1, -0.05) is 60.7 Å². The molecule has 0 bridgehead atoms. The summed E-state index contributed by atoms with van der Waals surface area (Å²) in [7, 11) is 0. The molecule has 8 nitrogen and oxygen atoms in total. The number of benzene rings is 3. The van der Waals surface area contributed by atoms with Crippen LogP contribution in [0.5, 0.6) is 0 Å². The lowest BCUT2D eigenvalue weighted by Gasteiger charge is -2.41. The number of hydrogen-bond donors (Lipinski definition) is 3. The summed E-state index contributed by atoms with van der Waals surface area (Å²) in [4.78, 5) is 44.1. The van der Waals surface area contributed by atoms with E-state index in [1.165, 1.54) is 34.6 Å². The van der Waals surface area contributed by atoms with Crippen LogP contribution in [0.4, 0.5) is 10.5 Å². The van der Waals surface area contributed by atoms with Crippen LogP contribution in [0.1, 0.15) is 44.5 Å². The molecule has 0 fully saturated rings. The number of rotatable bonds is 9. The number of anilines is 1. The number of fused-ring (bicyclic) bond motifs is 1. The Bertz CT molecular complexity index is 1480. The molecule has 3 N–H and O–H groups in total. The Hall–Kier alpha value is -4.50. The van der Waals surface area contributed by atoms with Crippen molar-refractivity contribution in [1.82, 2.24) is 15.2 Å². The highest BCUT2D eigenvalue weighted by Gasteiger charge is 2.36. The van der Waals surface area contributed by atoms with E-state index in [0.29, 0.717) is 12.2 Å². The van der Waals surface area contributed by atoms with Gasteiger partial charge in [0, 0.05) is 17.3 Å². The van der Waals surface area contributed by atoms with E-state index in [9.17, 15) is 19.5 Å². The van der Waals surface area contributed by atoms with E-state index in [4.69, 9.17) is 0 Å². The van der Waals surface area contributed by atoms with Crippen molar-refractivity contribution in [2.45, 2.75) is 31.8 Å². The summed E-state index contributed by atoms with van der Waals surface area (Å²) in [6.45, 7) is 0.122. The van der Waals surface area contributed by atoms with Gasteiger partial charge in [-0.15, -0.1) is 11.3 Å². The third kappa shape index (κ3) is 6.55. The Morgan fingerprint density at radius 2 is 1.80 bits per heavy atom. The predicted molar refractivity (Wildman–Crippen MR) is 154 cm³/mol. The van der Waals surface area contributed by atoms with Gasteiger partial charge >= 0.3 is 12.0 Å². The van der Waals surface area contributed by atoms with Crippen LogP contribution in [0.2, 0.25) is 0 Å². The van der Waals surface area contributed by atoms with Gasteiger partial charge < -0.3 is 20.6 Å². The number of hydrogen-bond acceptors (Lipinski definition) is 5. The molecule has 0 saturated carbocycles. The van der Waals surface area contributed by atoms with Gasteiger partial charge in [0.05, 0.1) is 24.7 Å². The third-order valence-corrected chi connectivity index (χ3v) is 7.92. The van der Waals surface area contributed by atoms with Crippen LogP contribution in [-0.4, -0.2) is 39.4 Å². The third-order valence-electron chi connectivity index (χ3n) is 7.16. The second-order valence-corrected chi connectivity index (χ2v) is 10.8. The summed E-state index contributed by atoms with van der Waals surface area (Å²) >= 11 is 1.50. The first-order valence-corrected chi connectivity index (χ1v) is 14.0. The highest BCUT2D eigenvalue weighted by Crippen LogP contribution is 2.41. The molecule has 2 unspecified atom stereocenters. The van der Waals surface area contributed by atoms with Crippen molar-refractivity contribution >= 4 is 34.9 Å². The largest absolute Gasteiger partial charge is 0.478 e. The van der Waals surface area contributed by atoms with Crippen LogP contribution in [0, 0.1) is 5.92 Å². The zero-order chi connectivity index (χ0) is 27.9. The Labute approximate surface area is 236 Å². The van der Waals surface area contributed by atoms with E-state index in [0.717, 1.165) is 29.8 Å². The van der Waals surface area contributed by atoms with E-state index in [2.05, 4.69) is 39.9 Å². The average molecular weight is 555 g/mol. The zero-order valence-corrected chi connectivity index (χ0v) is 22.6. The first kappa shape index (κ1) is 27.1. The number of carbonyl (C=O) groups excluding carboxylic acids is 2. The van der Waals surface area contributed by atoms with Gasteiger partial charge in [-0.2, -0.15) is 0 Å². The van der Waals surface area contributed by atoms with E-state index >= 15 is 0 Å². The summed E-state index contributed by atoms with van der Waals surface area (Å²) in [6, 6.07) is 23.8. The Morgan fingerprint density at radius 3 is 2.58 bits per heavy atom. The quantitative estimate of drug-likeness (QED) is 0.252. The van der Waals surface area contributed by atoms with Crippen LogP contribution < -0.4 is 10.6 Å². The number of nitrogens with zero attached hydrogens (tertiary/aromatic N) is 2. The highest BCUT2D eigenvalue weighted by atomic mass is 32.1. The fraction of sp³-hybridized carbons (Fsp3) is 0.226. The lowest BCUT2D eigenvalue weighted by Crippen LogP contribution is -2.46. The Balaban J connectivity index is 1.38. The van der Waals surface area contributed by atoms with Crippen molar-refractivity contribution in [1.29, 1.82) is 0 Å². The second kappa shape index (κ2) is 12.6. The molecular formula is C31H30N4O4S. The van der Waals surface area contributed by atoms with Crippen molar-refractivity contribution in [2.75, 3.05) is 11.9 Å². The molecular weight excluding hydrogens is 524 g/mol. The van der Waals surface area contributed by atoms with E-state index in [1.807, 2.05) is 40.6 Å². The first-order chi connectivity index (χ1) is 19.5. The van der Waals surface area contributed by atoms with Crippen LogP contribution in [0.3, 0.4) is 0 Å². The minimum atomic E-state index is -1.09. The Morgan fingerprint density at radius 1 is 1.00 bits per heavy atom. The first-order valence-electron chi connectivity index (χ1n) is 13.2. The maximum atomic E-state index is 13.9. The van der Waals surface area contributed by atoms with Crippen molar-refractivity contribution in [3.63, 3.8) is 0 Å². The number of thiazole rings is 1.